The Bertz CT molecular complexity index is 61.4. The molecule has 0 bridgehead atoms. The molecular weight excluding hydrogens is 128 g/mol. The minimum atomic E-state index is 0.172. The molecule has 0 aliphatic carbocycles. The lowest BCUT2D eigenvalue weighted by Gasteiger charge is -2.18. The SMILES string of the molecule is ClCC1CCO[CH]O1. The van der Waals surface area contributed by atoms with Crippen molar-refractivity contribution >= 4 is 11.6 Å². The van der Waals surface area contributed by atoms with Gasteiger partial charge in [-0.1, -0.05) is 0 Å². The lowest BCUT2D eigenvalue weighted by molar-refractivity contribution is -0.0671. The largest absolute Gasteiger partial charge is 0.348 e. The molecule has 0 saturated carbocycles. The van der Waals surface area contributed by atoms with Gasteiger partial charge < -0.3 is 9.47 Å². The summed E-state index contributed by atoms with van der Waals surface area (Å²) in [5.41, 5.74) is 0. The molecule has 8 heavy (non-hydrogen) atoms. The summed E-state index contributed by atoms with van der Waals surface area (Å²) in [6.07, 6.45) is 1.07. The van der Waals surface area contributed by atoms with E-state index in [0.29, 0.717) is 5.88 Å². The third-order valence-electron chi connectivity index (χ3n) is 1.05. The minimum Gasteiger partial charge on any atom is -0.348 e. The number of ether oxygens (including phenoxy) is 2. The maximum Gasteiger partial charge on any atom is 0.209 e. The second-order valence-electron chi connectivity index (χ2n) is 1.67. The van der Waals surface area contributed by atoms with Crippen LogP contribution < -0.4 is 0 Å². The number of rotatable bonds is 1. The molecule has 1 unspecified atom stereocenters. The van der Waals surface area contributed by atoms with Crippen molar-refractivity contribution in [3.63, 3.8) is 0 Å². The fraction of sp³-hybridized carbons (Fsp3) is 0.800. The van der Waals surface area contributed by atoms with Crippen molar-refractivity contribution in [3.8, 4) is 0 Å². The van der Waals surface area contributed by atoms with Crippen molar-refractivity contribution < 1.29 is 9.47 Å². The van der Waals surface area contributed by atoms with Crippen molar-refractivity contribution in [3.05, 3.63) is 6.79 Å². The van der Waals surface area contributed by atoms with E-state index < -0.39 is 0 Å². The zero-order valence-corrected chi connectivity index (χ0v) is 5.23. The quantitative estimate of drug-likeness (QED) is 0.503. The van der Waals surface area contributed by atoms with Crippen LogP contribution in [0.2, 0.25) is 0 Å². The number of halogens is 1. The zero-order valence-electron chi connectivity index (χ0n) is 4.47. The smallest absolute Gasteiger partial charge is 0.209 e. The predicted molar refractivity (Wildman–Crippen MR) is 30.5 cm³/mol. The first-order chi connectivity index (χ1) is 3.93. The van der Waals surface area contributed by atoms with Crippen LogP contribution in [0.5, 0.6) is 0 Å². The highest BCUT2D eigenvalue weighted by molar-refractivity contribution is 6.18. The van der Waals surface area contributed by atoms with Gasteiger partial charge in [-0.15, -0.1) is 11.6 Å². The molecule has 1 aliphatic rings. The molecule has 1 saturated heterocycles. The van der Waals surface area contributed by atoms with E-state index in [0.717, 1.165) is 13.0 Å². The molecule has 1 heterocycles. The second-order valence-corrected chi connectivity index (χ2v) is 1.98. The Morgan fingerprint density at radius 1 is 1.75 bits per heavy atom. The van der Waals surface area contributed by atoms with Crippen LogP contribution in [-0.4, -0.2) is 18.6 Å². The fourth-order valence-corrected chi connectivity index (χ4v) is 0.774. The van der Waals surface area contributed by atoms with Gasteiger partial charge in [0.2, 0.25) is 6.79 Å². The van der Waals surface area contributed by atoms with E-state index in [9.17, 15) is 0 Å². The molecule has 2 nitrogen and oxygen atoms in total. The van der Waals surface area contributed by atoms with E-state index in [1.54, 1.807) is 0 Å². The highest BCUT2D eigenvalue weighted by Crippen LogP contribution is 2.09. The van der Waals surface area contributed by atoms with Gasteiger partial charge in [-0.3, -0.25) is 0 Å². The first-order valence-corrected chi connectivity index (χ1v) is 3.11. The minimum absolute atomic E-state index is 0.172. The van der Waals surface area contributed by atoms with Crippen LogP contribution in [0.15, 0.2) is 0 Å². The maximum absolute atomic E-state index is 5.48. The Kier molecular flexibility index (Phi) is 2.59. The average molecular weight is 136 g/mol. The van der Waals surface area contributed by atoms with Crippen LogP contribution in [0.4, 0.5) is 0 Å². The number of alkyl halides is 1. The topological polar surface area (TPSA) is 18.5 Å². The molecule has 0 amide bonds. The van der Waals surface area contributed by atoms with Gasteiger partial charge in [0.25, 0.3) is 0 Å². The van der Waals surface area contributed by atoms with E-state index in [1.807, 2.05) is 0 Å². The third kappa shape index (κ3) is 1.62. The molecule has 1 radical (unpaired) electrons. The van der Waals surface area contributed by atoms with Crippen LogP contribution in [0.1, 0.15) is 6.42 Å². The first kappa shape index (κ1) is 6.33. The van der Waals surface area contributed by atoms with Crippen LogP contribution in [-0.2, 0) is 9.47 Å². The second kappa shape index (κ2) is 3.28. The summed E-state index contributed by atoms with van der Waals surface area (Å²) in [7, 11) is 0. The maximum atomic E-state index is 5.48. The van der Waals surface area contributed by atoms with Crippen molar-refractivity contribution in [2.75, 3.05) is 12.5 Å². The highest BCUT2D eigenvalue weighted by atomic mass is 35.5. The molecular formula is C5H8ClO2. The Balaban J connectivity index is 2.13. The van der Waals surface area contributed by atoms with E-state index in [-0.39, 0.29) is 6.10 Å². The van der Waals surface area contributed by atoms with Gasteiger partial charge in [0, 0.05) is 5.88 Å². The zero-order chi connectivity index (χ0) is 5.82. The van der Waals surface area contributed by atoms with Crippen LogP contribution in [0.3, 0.4) is 0 Å². The molecule has 1 atom stereocenters. The van der Waals surface area contributed by atoms with Crippen LogP contribution >= 0.6 is 11.6 Å². The fourth-order valence-electron chi connectivity index (χ4n) is 0.547. The summed E-state index contributed by atoms with van der Waals surface area (Å²) in [5.74, 6) is 0.555. The summed E-state index contributed by atoms with van der Waals surface area (Å²) in [5, 5.41) is 0. The van der Waals surface area contributed by atoms with Gasteiger partial charge >= 0.3 is 0 Å². The molecule has 0 N–H and O–H groups in total. The Morgan fingerprint density at radius 2 is 2.62 bits per heavy atom. The van der Waals surface area contributed by atoms with Gasteiger partial charge in [0.15, 0.2) is 0 Å². The molecule has 3 heteroatoms. The molecule has 1 rings (SSSR count). The van der Waals surface area contributed by atoms with Crippen LogP contribution in [0.25, 0.3) is 0 Å². The Hall–Kier alpha value is 0.210. The molecule has 1 fully saturated rings. The van der Waals surface area contributed by atoms with Crippen LogP contribution in [0, 0.1) is 6.79 Å². The molecule has 0 spiro atoms. The molecule has 0 aromatic heterocycles. The summed E-state index contributed by atoms with van der Waals surface area (Å²) in [6, 6.07) is 0. The lowest BCUT2D eigenvalue weighted by atomic mass is 10.3. The van der Waals surface area contributed by atoms with Gasteiger partial charge in [0.05, 0.1) is 12.7 Å². The van der Waals surface area contributed by atoms with E-state index in [2.05, 4.69) is 0 Å². The van der Waals surface area contributed by atoms with Crippen molar-refractivity contribution in [2.24, 2.45) is 0 Å². The highest BCUT2D eigenvalue weighted by Gasteiger charge is 2.12. The molecule has 0 aromatic rings. The Morgan fingerprint density at radius 3 is 3.00 bits per heavy atom. The standard InChI is InChI=1S/C5H8ClO2/c6-3-5-1-2-7-4-8-5/h4-5H,1-3H2. The number of hydrogen-bond donors (Lipinski definition) is 0. The van der Waals surface area contributed by atoms with Gasteiger partial charge in [-0.05, 0) is 6.42 Å². The van der Waals surface area contributed by atoms with E-state index in [1.165, 1.54) is 6.79 Å². The average Bonchev–Trinajstić information content (AvgIpc) is 1.90. The van der Waals surface area contributed by atoms with Crippen molar-refractivity contribution in [1.82, 2.24) is 0 Å². The van der Waals surface area contributed by atoms with Gasteiger partial charge in [-0.2, -0.15) is 0 Å². The monoisotopic (exact) mass is 135 g/mol. The van der Waals surface area contributed by atoms with Crippen molar-refractivity contribution in [2.45, 2.75) is 12.5 Å². The number of hydrogen-bond acceptors (Lipinski definition) is 2. The summed E-state index contributed by atoms with van der Waals surface area (Å²) >= 11 is 5.48. The lowest BCUT2D eigenvalue weighted by Crippen LogP contribution is -2.21. The molecule has 47 valence electrons. The van der Waals surface area contributed by atoms with E-state index >= 15 is 0 Å². The van der Waals surface area contributed by atoms with E-state index in [4.69, 9.17) is 21.1 Å². The van der Waals surface area contributed by atoms with Crippen molar-refractivity contribution in [1.29, 1.82) is 0 Å². The Labute approximate surface area is 53.7 Å². The summed E-state index contributed by atoms with van der Waals surface area (Å²) in [6.45, 7) is 2.09. The summed E-state index contributed by atoms with van der Waals surface area (Å²) < 4.78 is 9.74. The summed E-state index contributed by atoms with van der Waals surface area (Å²) in [4.78, 5) is 0. The normalized spacial score (nSPS) is 30.4. The van der Waals surface area contributed by atoms with Gasteiger partial charge in [-0.25, -0.2) is 0 Å². The predicted octanol–water partition coefficient (Wildman–Crippen LogP) is 1.15. The molecule has 0 aromatic carbocycles. The molecule has 1 aliphatic heterocycles. The third-order valence-corrected chi connectivity index (χ3v) is 1.39. The van der Waals surface area contributed by atoms with Gasteiger partial charge in [0.1, 0.15) is 0 Å². The first-order valence-electron chi connectivity index (χ1n) is 2.58.